The van der Waals surface area contributed by atoms with Crippen LogP contribution in [0.2, 0.25) is 0 Å². The summed E-state index contributed by atoms with van der Waals surface area (Å²) in [5.74, 6) is 0.0607. The van der Waals surface area contributed by atoms with Gasteiger partial charge in [-0.25, -0.2) is 0 Å². The molecule has 0 bridgehead atoms. The van der Waals surface area contributed by atoms with Gasteiger partial charge in [0.25, 0.3) is 0 Å². The molecular weight excluding hydrogens is 288 g/mol. The first-order valence-corrected chi connectivity index (χ1v) is 8.20. The first-order chi connectivity index (χ1) is 11.2. The second-order valence-electron chi connectivity index (χ2n) is 6.34. The third-order valence-electron chi connectivity index (χ3n) is 4.61. The van der Waals surface area contributed by atoms with E-state index in [1.54, 1.807) is 7.11 Å². The maximum atomic E-state index is 12.4. The summed E-state index contributed by atoms with van der Waals surface area (Å²) in [7, 11) is 1.71. The van der Waals surface area contributed by atoms with Crippen LogP contribution in [0, 0.1) is 0 Å². The Morgan fingerprint density at radius 3 is 2.87 bits per heavy atom. The molecule has 1 aliphatic heterocycles. The van der Waals surface area contributed by atoms with Gasteiger partial charge >= 0.3 is 0 Å². The Balaban J connectivity index is 1.65. The summed E-state index contributed by atoms with van der Waals surface area (Å²) in [5.41, 5.74) is 0.962. The van der Waals surface area contributed by atoms with Crippen molar-refractivity contribution in [3.05, 3.63) is 48.0 Å². The van der Waals surface area contributed by atoms with Crippen molar-refractivity contribution in [3.8, 4) is 0 Å². The minimum Gasteiger partial charge on any atom is -0.383 e. The van der Waals surface area contributed by atoms with Gasteiger partial charge in [-0.05, 0) is 35.7 Å². The van der Waals surface area contributed by atoms with Crippen LogP contribution in [0.25, 0.3) is 10.8 Å². The van der Waals surface area contributed by atoms with Gasteiger partial charge < -0.3 is 15.4 Å². The van der Waals surface area contributed by atoms with Crippen molar-refractivity contribution in [1.82, 2.24) is 10.6 Å². The van der Waals surface area contributed by atoms with Crippen LogP contribution in [0.3, 0.4) is 0 Å². The molecule has 2 aromatic carbocycles. The number of ether oxygens (including phenoxy) is 1. The molecule has 2 aromatic rings. The van der Waals surface area contributed by atoms with E-state index in [0.717, 1.165) is 30.3 Å². The summed E-state index contributed by atoms with van der Waals surface area (Å²) < 4.78 is 5.32. The zero-order chi connectivity index (χ0) is 16.1. The third-order valence-corrected chi connectivity index (χ3v) is 4.61. The number of benzene rings is 2. The van der Waals surface area contributed by atoms with Gasteiger partial charge in [-0.1, -0.05) is 42.5 Å². The van der Waals surface area contributed by atoms with Crippen LogP contribution < -0.4 is 10.6 Å². The second kappa shape index (κ2) is 7.11. The molecule has 23 heavy (non-hydrogen) atoms. The van der Waals surface area contributed by atoms with Gasteiger partial charge in [-0.3, -0.25) is 4.79 Å². The van der Waals surface area contributed by atoms with Gasteiger partial charge in [-0.2, -0.15) is 0 Å². The Morgan fingerprint density at radius 2 is 2.09 bits per heavy atom. The zero-order valence-electron chi connectivity index (χ0n) is 13.6. The number of carbonyl (C=O) groups is 1. The monoisotopic (exact) mass is 312 g/mol. The summed E-state index contributed by atoms with van der Waals surface area (Å²) in [6, 6.07) is 14.3. The SMILES string of the molecule is COCC1(CNC(=O)Cc2cccc3ccccc23)CCCN1. The summed E-state index contributed by atoms with van der Waals surface area (Å²) in [5, 5.41) is 8.88. The predicted octanol–water partition coefficient (Wildman–Crippen LogP) is 2.27. The highest BCUT2D eigenvalue weighted by Gasteiger charge is 2.33. The second-order valence-corrected chi connectivity index (χ2v) is 6.34. The summed E-state index contributed by atoms with van der Waals surface area (Å²) in [6.45, 7) is 2.23. The Kier molecular flexibility index (Phi) is 4.94. The van der Waals surface area contributed by atoms with Gasteiger partial charge in [0.15, 0.2) is 0 Å². The minimum atomic E-state index is -0.108. The van der Waals surface area contributed by atoms with Crippen LogP contribution in [0.5, 0.6) is 0 Å². The molecule has 122 valence electrons. The topological polar surface area (TPSA) is 50.4 Å². The molecule has 4 nitrogen and oxygen atoms in total. The highest BCUT2D eigenvalue weighted by Crippen LogP contribution is 2.20. The number of carbonyl (C=O) groups excluding carboxylic acids is 1. The Hall–Kier alpha value is -1.91. The van der Waals surface area contributed by atoms with Crippen LogP contribution in [-0.2, 0) is 16.0 Å². The summed E-state index contributed by atoms with van der Waals surface area (Å²) in [6.07, 6.45) is 2.57. The van der Waals surface area contributed by atoms with E-state index in [4.69, 9.17) is 4.74 Å². The average Bonchev–Trinajstić information content (AvgIpc) is 3.03. The lowest BCUT2D eigenvalue weighted by Gasteiger charge is -2.29. The Bertz CT molecular complexity index is 673. The van der Waals surface area contributed by atoms with Crippen LogP contribution in [-0.4, -0.2) is 38.3 Å². The molecule has 1 heterocycles. The first-order valence-electron chi connectivity index (χ1n) is 8.20. The van der Waals surface area contributed by atoms with Gasteiger partial charge in [0, 0.05) is 13.7 Å². The van der Waals surface area contributed by atoms with Crippen molar-refractivity contribution >= 4 is 16.7 Å². The number of fused-ring (bicyclic) bond motifs is 1. The van der Waals surface area contributed by atoms with Crippen LogP contribution in [0.15, 0.2) is 42.5 Å². The van der Waals surface area contributed by atoms with Gasteiger partial charge in [0.2, 0.25) is 5.91 Å². The Morgan fingerprint density at radius 1 is 1.26 bits per heavy atom. The van der Waals surface area contributed by atoms with Crippen molar-refractivity contribution in [2.45, 2.75) is 24.8 Å². The zero-order valence-corrected chi connectivity index (χ0v) is 13.6. The van der Waals surface area contributed by atoms with Crippen LogP contribution >= 0.6 is 0 Å². The predicted molar refractivity (Wildman–Crippen MR) is 92.5 cm³/mol. The fourth-order valence-electron chi connectivity index (χ4n) is 3.42. The number of hydrogen-bond acceptors (Lipinski definition) is 3. The Labute approximate surface area is 137 Å². The maximum absolute atomic E-state index is 12.4. The average molecular weight is 312 g/mol. The van der Waals surface area contributed by atoms with Crippen molar-refractivity contribution < 1.29 is 9.53 Å². The maximum Gasteiger partial charge on any atom is 0.224 e. The lowest BCUT2D eigenvalue weighted by Crippen LogP contribution is -2.53. The van der Waals surface area contributed by atoms with E-state index in [0.29, 0.717) is 19.6 Å². The molecule has 1 fully saturated rings. The summed E-state index contributed by atoms with van der Waals surface area (Å²) >= 11 is 0. The molecule has 0 spiro atoms. The lowest BCUT2D eigenvalue weighted by atomic mass is 9.98. The van der Waals surface area contributed by atoms with Gasteiger partial charge in [0.1, 0.15) is 0 Å². The molecular formula is C19H24N2O2. The van der Waals surface area contributed by atoms with Crippen LogP contribution in [0.4, 0.5) is 0 Å². The largest absolute Gasteiger partial charge is 0.383 e. The van der Waals surface area contributed by atoms with Crippen molar-refractivity contribution in [2.24, 2.45) is 0 Å². The van der Waals surface area contributed by atoms with Crippen molar-refractivity contribution in [1.29, 1.82) is 0 Å². The van der Waals surface area contributed by atoms with E-state index in [1.165, 1.54) is 5.39 Å². The quantitative estimate of drug-likeness (QED) is 0.860. The number of amides is 1. The molecule has 0 aliphatic carbocycles. The fraction of sp³-hybridized carbons (Fsp3) is 0.421. The molecule has 1 aliphatic rings. The molecule has 0 saturated carbocycles. The lowest BCUT2D eigenvalue weighted by molar-refractivity contribution is -0.120. The molecule has 2 N–H and O–H groups in total. The van der Waals surface area contributed by atoms with Crippen LogP contribution in [0.1, 0.15) is 18.4 Å². The molecule has 1 amide bonds. The normalized spacial score (nSPS) is 20.7. The smallest absolute Gasteiger partial charge is 0.224 e. The number of rotatable bonds is 6. The molecule has 4 heteroatoms. The van der Waals surface area contributed by atoms with E-state index in [1.807, 2.05) is 24.3 Å². The summed E-state index contributed by atoms with van der Waals surface area (Å²) in [4.78, 5) is 12.4. The van der Waals surface area contributed by atoms with E-state index in [2.05, 4.69) is 28.8 Å². The van der Waals surface area contributed by atoms with E-state index in [-0.39, 0.29) is 11.4 Å². The first kappa shape index (κ1) is 16.0. The molecule has 1 unspecified atom stereocenters. The fourth-order valence-corrected chi connectivity index (χ4v) is 3.42. The highest BCUT2D eigenvalue weighted by atomic mass is 16.5. The minimum absolute atomic E-state index is 0.0607. The van der Waals surface area contributed by atoms with Gasteiger partial charge in [-0.15, -0.1) is 0 Å². The molecule has 0 aromatic heterocycles. The van der Waals surface area contributed by atoms with E-state index < -0.39 is 0 Å². The number of hydrogen-bond donors (Lipinski definition) is 2. The highest BCUT2D eigenvalue weighted by molar-refractivity contribution is 5.90. The van der Waals surface area contributed by atoms with E-state index >= 15 is 0 Å². The number of methoxy groups -OCH3 is 1. The van der Waals surface area contributed by atoms with Crippen molar-refractivity contribution in [3.63, 3.8) is 0 Å². The number of nitrogens with one attached hydrogen (secondary N) is 2. The van der Waals surface area contributed by atoms with E-state index in [9.17, 15) is 4.79 Å². The third kappa shape index (κ3) is 3.71. The molecule has 1 atom stereocenters. The van der Waals surface area contributed by atoms with Gasteiger partial charge in [0.05, 0.1) is 18.6 Å². The standard InChI is InChI=1S/C19H24N2O2/c1-23-14-19(10-5-11-21-19)13-20-18(22)12-16-8-4-7-15-6-2-3-9-17(15)16/h2-4,6-9,21H,5,10-14H2,1H3,(H,20,22). The van der Waals surface area contributed by atoms with Crippen molar-refractivity contribution in [2.75, 3.05) is 26.8 Å². The molecule has 0 radical (unpaired) electrons. The molecule has 1 saturated heterocycles. The molecule has 3 rings (SSSR count).